The predicted molar refractivity (Wildman–Crippen MR) is 50.8 cm³/mol. The SMILES string of the molecule is [B][C@@H]1O[C@H](CO)[C@H](O)C1(O)C=C=CC. The fourth-order valence-corrected chi connectivity index (χ4v) is 1.37. The van der Waals surface area contributed by atoms with Crippen molar-refractivity contribution in [2.45, 2.75) is 30.7 Å². The second-order valence-electron chi connectivity index (χ2n) is 3.21. The number of ether oxygens (including phenoxy) is 1. The predicted octanol–water partition coefficient (Wildman–Crippen LogP) is -1.30. The maximum Gasteiger partial charge on any atom is 0.136 e. The van der Waals surface area contributed by atoms with Gasteiger partial charge in [0.05, 0.1) is 12.6 Å². The molecule has 76 valence electrons. The van der Waals surface area contributed by atoms with Crippen molar-refractivity contribution in [3.63, 3.8) is 0 Å². The zero-order valence-corrected chi connectivity index (χ0v) is 7.92. The Kier molecular flexibility index (Phi) is 3.53. The minimum Gasteiger partial charge on any atom is -0.394 e. The van der Waals surface area contributed by atoms with E-state index in [1.807, 2.05) is 0 Å². The van der Waals surface area contributed by atoms with Gasteiger partial charge in [-0.2, -0.15) is 0 Å². The molecule has 0 aromatic heterocycles. The van der Waals surface area contributed by atoms with Gasteiger partial charge in [-0.15, -0.1) is 5.73 Å². The summed E-state index contributed by atoms with van der Waals surface area (Å²) in [4.78, 5) is 0. The van der Waals surface area contributed by atoms with Crippen molar-refractivity contribution in [2.24, 2.45) is 0 Å². The lowest BCUT2D eigenvalue weighted by molar-refractivity contribution is -0.0285. The third-order valence-corrected chi connectivity index (χ3v) is 2.26. The van der Waals surface area contributed by atoms with Crippen LogP contribution in [0.3, 0.4) is 0 Å². The molecule has 0 aromatic rings. The van der Waals surface area contributed by atoms with Crippen LogP contribution in [0.25, 0.3) is 0 Å². The molecule has 0 aliphatic carbocycles. The molecule has 0 saturated carbocycles. The van der Waals surface area contributed by atoms with E-state index in [2.05, 4.69) is 5.73 Å². The van der Waals surface area contributed by atoms with Crippen LogP contribution in [0.5, 0.6) is 0 Å². The molecule has 2 radical (unpaired) electrons. The van der Waals surface area contributed by atoms with E-state index in [1.54, 1.807) is 13.0 Å². The van der Waals surface area contributed by atoms with Crippen molar-refractivity contribution in [3.8, 4) is 0 Å². The molecule has 0 aromatic carbocycles. The summed E-state index contributed by atoms with van der Waals surface area (Å²) in [5.41, 5.74) is 0.954. The van der Waals surface area contributed by atoms with Crippen LogP contribution in [0.1, 0.15) is 6.92 Å². The van der Waals surface area contributed by atoms with E-state index in [0.29, 0.717) is 0 Å². The van der Waals surface area contributed by atoms with Crippen molar-refractivity contribution in [1.82, 2.24) is 0 Å². The molecule has 1 rings (SSSR count). The van der Waals surface area contributed by atoms with Crippen molar-refractivity contribution < 1.29 is 20.1 Å². The summed E-state index contributed by atoms with van der Waals surface area (Å²) in [6.07, 6.45) is 0.724. The van der Waals surface area contributed by atoms with Crippen molar-refractivity contribution in [1.29, 1.82) is 0 Å². The van der Waals surface area contributed by atoms with Gasteiger partial charge in [0.1, 0.15) is 25.7 Å². The van der Waals surface area contributed by atoms with Crippen LogP contribution in [0.4, 0.5) is 0 Å². The van der Waals surface area contributed by atoms with Crippen LogP contribution in [0.15, 0.2) is 17.9 Å². The lowest BCUT2D eigenvalue weighted by atomic mass is 9.80. The Labute approximate surface area is 83.9 Å². The van der Waals surface area contributed by atoms with Crippen molar-refractivity contribution in [2.75, 3.05) is 6.61 Å². The summed E-state index contributed by atoms with van der Waals surface area (Å²) in [5, 5.41) is 28.3. The highest BCUT2D eigenvalue weighted by atomic mass is 16.6. The third kappa shape index (κ3) is 1.78. The first-order valence-electron chi connectivity index (χ1n) is 4.37. The average molecular weight is 196 g/mol. The molecular weight excluding hydrogens is 183 g/mol. The number of aliphatic hydroxyl groups is 3. The Bertz CT molecular complexity index is 262. The topological polar surface area (TPSA) is 69.9 Å². The highest BCUT2D eigenvalue weighted by Crippen LogP contribution is 2.30. The molecule has 3 N–H and O–H groups in total. The van der Waals surface area contributed by atoms with Crippen molar-refractivity contribution in [3.05, 3.63) is 17.9 Å². The van der Waals surface area contributed by atoms with E-state index >= 15 is 0 Å². The Morgan fingerprint density at radius 1 is 1.64 bits per heavy atom. The highest BCUT2D eigenvalue weighted by Gasteiger charge is 2.50. The minimum atomic E-state index is -1.68. The van der Waals surface area contributed by atoms with E-state index in [1.165, 1.54) is 6.08 Å². The normalized spacial score (nSPS) is 41.9. The first-order valence-corrected chi connectivity index (χ1v) is 4.37. The molecular formula is C9H13BO4. The number of aliphatic hydroxyl groups excluding tert-OH is 2. The highest BCUT2D eigenvalue weighted by molar-refractivity contribution is 6.12. The fourth-order valence-electron chi connectivity index (χ4n) is 1.37. The molecule has 1 fully saturated rings. The van der Waals surface area contributed by atoms with Gasteiger partial charge in [-0.25, -0.2) is 0 Å². The maximum absolute atomic E-state index is 9.91. The van der Waals surface area contributed by atoms with Crippen LogP contribution in [-0.2, 0) is 4.74 Å². The van der Waals surface area contributed by atoms with Gasteiger partial charge in [0.25, 0.3) is 0 Å². The van der Waals surface area contributed by atoms with Gasteiger partial charge in [0, 0.05) is 0 Å². The summed E-state index contributed by atoms with van der Waals surface area (Å²) in [6.45, 7) is 1.33. The van der Waals surface area contributed by atoms with Crippen LogP contribution in [-0.4, -0.2) is 53.6 Å². The summed E-state index contributed by atoms with van der Waals surface area (Å²) in [6, 6.07) is -1.05. The van der Waals surface area contributed by atoms with Gasteiger partial charge in [-0.3, -0.25) is 0 Å². The standard InChI is InChI=1S/C9H13BO4/c1-2-3-4-9(13)7(12)6(5-11)14-8(9)10/h2,4,6-8,11-13H,5H2,1H3/t3?,6-,7+,8-,9?/m1/s1. The molecule has 1 heterocycles. The molecule has 0 bridgehead atoms. The van der Waals surface area contributed by atoms with Gasteiger partial charge in [0.15, 0.2) is 0 Å². The van der Waals surface area contributed by atoms with Crippen molar-refractivity contribution >= 4 is 7.85 Å². The maximum atomic E-state index is 9.91. The van der Waals surface area contributed by atoms with Gasteiger partial charge >= 0.3 is 0 Å². The molecule has 0 amide bonds. The van der Waals surface area contributed by atoms with Gasteiger partial charge in [-0.05, 0) is 19.1 Å². The molecule has 1 aliphatic heterocycles. The monoisotopic (exact) mass is 196 g/mol. The smallest absolute Gasteiger partial charge is 0.136 e. The van der Waals surface area contributed by atoms with E-state index in [0.717, 1.165) is 0 Å². The zero-order valence-electron chi connectivity index (χ0n) is 7.92. The Balaban J connectivity index is 2.92. The van der Waals surface area contributed by atoms with E-state index < -0.39 is 23.8 Å². The number of hydrogen-bond donors (Lipinski definition) is 3. The van der Waals surface area contributed by atoms with E-state index in [4.69, 9.17) is 17.7 Å². The van der Waals surface area contributed by atoms with E-state index in [-0.39, 0.29) is 6.61 Å². The molecule has 4 nitrogen and oxygen atoms in total. The number of hydrogen-bond acceptors (Lipinski definition) is 4. The fraction of sp³-hybridized carbons (Fsp3) is 0.667. The molecule has 5 heteroatoms. The number of rotatable bonds is 2. The van der Waals surface area contributed by atoms with Gasteiger partial charge in [0.2, 0.25) is 0 Å². The largest absolute Gasteiger partial charge is 0.394 e. The van der Waals surface area contributed by atoms with Crippen LogP contribution in [0.2, 0.25) is 0 Å². The summed E-state index contributed by atoms with van der Waals surface area (Å²) >= 11 is 0. The second kappa shape index (κ2) is 4.30. The molecule has 4 atom stereocenters. The summed E-state index contributed by atoms with van der Waals surface area (Å²) < 4.78 is 4.98. The first kappa shape index (κ1) is 11.5. The summed E-state index contributed by atoms with van der Waals surface area (Å²) in [5.74, 6) is 0. The second-order valence-corrected chi connectivity index (χ2v) is 3.21. The Morgan fingerprint density at radius 2 is 2.29 bits per heavy atom. The van der Waals surface area contributed by atoms with E-state index in [9.17, 15) is 10.2 Å². The molecule has 1 aliphatic rings. The summed E-state index contributed by atoms with van der Waals surface area (Å²) in [7, 11) is 5.48. The average Bonchev–Trinajstić information content (AvgIpc) is 2.40. The minimum absolute atomic E-state index is 0.388. The van der Waals surface area contributed by atoms with Gasteiger partial charge in [-0.1, -0.05) is 0 Å². The lowest BCUT2D eigenvalue weighted by Gasteiger charge is -2.25. The molecule has 14 heavy (non-hydrogen) atoms. The zero-order chi connectivity index (χ0) is 10.8. The Hall–Kier alpha value is -0.575. The first-order chi connectivity index (χ1) is 6.56. The quantitative estimate of drug-likeness (QED) is 0.379. The lowest BCUT2D eigenvalue weighted by Crippen LogP contribution is -2.47. The van der Waals surface area contributed by atoms with Gasteiger partial charge < -0.3 is 20.1 Å². The third-order valence-electron chi connectivity index (χ3n) is 2.26. The molecule has 1 unspecified atom stereocenters. The molecule has 1 saturated heterocycles. The van der Waals surface area contributed by atoms with Crippen LogP contribution < -0.4 is 0 Å². The van der Waals surface area contributed by atoms with Crippen LogP contribution >= 0.6 is 0 Å². The Morgan fingerprint density at radius 3 is 2.71 bits per heavy atom. The van der Waals surface area contributed by atoms with Crippen LogP contribution in [0, 0.1) is 0 Å². The molecule has 0 spiro atoms.